The molecule has 1 nitrogen and oxygen atoms in total. The van der Waals surface area contributed by atoms with Crippen LogP contribution < -0.4 is 0 Å². The molecule has 0 bridgehead atoms. The van der Waals surface area contributed by atoms with Crippen molar-refractivity contribution in [1.82, 2.24) is 0 Å². The Morgan fingerprint density at radius 3 is 2.69 bits per heavy atom. The molecule has 1 N–H and O–H groups in total. The lowest BCUT2D eigenvalue weighted by Crippen LogP contribution is -2.28. The Kier molecular flexibility index (Phi) is 1.36. The molecule has 1 heteroatoms. The molecule has 4 unspecified atom stereocenters. The summed E-state index contributed by atoms with van der Waals surface area (Å²) in [5.41, 5.74) is 0.993. The fourth-order valence-corrected chi connectivity index (χ4v) is 4.86. The van der Waals surface area contributed by atoms with Gasteiger partial charge in [-0.2, -0.15) is 0 Å². The average molecular weight is 180 g/mol. The van der Waals surface area contributed by atoms with E-state index in [0.717, 1.165) is 12.3 Å². The van der Waals surface area contributed by atoms with Gasteiger partial charge in [-0.1, -0.05) is 26.7 Å². The second-order valence-corrected chi connectivity index (χ2v) is 6.07. The first-order valence-corrected chi connectivity index (χ1v) is 5.78. The Morgan fingerprint density at radius 2 is 2.00 bits per heavy atom. The van der Waals surface area contributed by atoms with E-state index in [2.05, 4.69) is 13.8 Å². The fraction of sp³-hybridized carbons (Fsp3) is 1.00. The van der Waals surface area contributed by atoms with Gasteiger partial charge >= 0.3 is 0 Å². The minimum atomic E-state index is 0.0260. The third-order valence-corrected chi connectivity index (χ3v) is 5.33. The van der Waals surface area contributed by atoms with Crippen molar-refractivity contribution in [1.29, 1.82) is 0 Å². The largest absolute Gasteiger partial charge is 0.393 e. The first-order chi connectivity index (χ1) is 6.09. The molecule has 1 spiro atoms. The molecule has 3 fully saturated rings. The summed E-state index contributed by atoms with van der Waals surface area (Å²) in [6.45, 7) is 4.75. The molecule has 3 saturated carbocycles. The van der Waals surface area contributed by atoms with Gasteiger partial charge < -0.3 is 5.11 Å². The maximum atomic E-state index is 10.0. The normalized spacial score (nSPS) is 57.0. The van der Waals surface area contributed by atoms with Gasteiger partial charge in [0.1, 0.15) is 0 Å². The van der Waals surface area contributed by atoms with E-state index in [1.807, 2.05) is 0 Å². The molecule has 3 aliphatic rings. The molecule has 74 valence electrons. The van der Waals surface area contributed by atoms with E-state index < -0.39 is 0 Å². The van der Waals surface area contributed by atoms with E-state index in [4.69, 9.17) is 0 Å². The van der Waals surface area contributed by atoms with Crippen molar-refractivity contribution in [3.05, 3.63) is 0 Å². The number of aliphatic hydroxyl groups excluding tert-OH is 1. The van der Waals surface area contributed by atoms with Crippen LogP contribution in [-0.2, 0) is 0 Å². The summed E-state index contributed by atoms with van der Waals surface area (Å²) >= 11 is 0. The van der Waals surface area contributed by atoms with Crippen molar-refractivity contribution >= 4 is 0 Å². The minimum absolute atomic E-state index is 0.0260. The van der Waals surface area contributed by atoms with Crippen LogP contribution in [0.1, 0.15) is 46.0 Å². The molecule has 0 aromatic heterocycles. The zero-order chi connectivity index (χ0) is 9.27. The topological polar surface area (TPSA) is 20.2 Å². The van der Waals surface area contributed by atoms with Crippen LogP contribution in [0, 0.1) is 22.7 Å². The van der Waals surface area contributed by atoms with Crippen LogP contribution >= 0.6 is 0 Å². The number of aliphatic hydroxyl groups is 1. The first kappa shape index (κ1) is 8.28. The van der Waals surface area contributed by atoms with Gasteiger partial charge in [-0.25, -0.2) is 0 Å². The average Bonchev–Trinajstić information content (AvgIpc) is 2.67. The van der Waals surface area contributed by atoms with Crippen LogP contribution in [0.3, 0.4) is 0 Å². The van der Waals surface area contributed by atoms with E-state index in [1.54, 1.807) is 0 Å². The lowest BCUT2D eigenvalue weighted by atomic mass is 9.69. The van der Waals surface area contributed by atoms with Crippen LogP contribution in [0.5, 0.6) is 0 Å². The van der Waals surface area contributed by atoms with Crippen LogP contribution in [0.25, 0.3) is 0 Å². The van der Waals surface area contributed by atoms with E-state index in [0.29, 0.717) is 16.7 Å². The molecule has 0 saturated heterocycles. The van der Waals surface area contributed by atoms with E-state index in [-0.39, 0.29) is 6.10 Å². The molecule has 0 aromatic carbocycles. The van der Waals surface area contributed by atoms with Gasteiger partial charge in [0.05, 0.1) is 6.10 Å². The predicted octanol–water partition coefficient (Wildman–Crippen LogP) is 2.58. The van der Waals surface area contributed by atoms with E-state index >= 15 is 0 Å². The third kappa shape index (κ3) is 0.743. The van der Waals surface area contributed by atoms with Crippen molar-refractivity contribution < 1.29 is 5.11 Å². The summed E-state index contributed by atoms with van der Waals surface area (Å²) in [7, 11) is 0. The van der Waals surface area contributed by atoms with Gasteiger partial charge in [0.15, 0.2) is 0 Å². The number of fused-ring (bicyclic) bond motifs is 1. The van der Waals surface area contributed by atoms with Gasteiger partial charge in [-0.3, -0.25) is 0 Å². The summed E-state index contributed by atoms with van der Waals surface area (Å²) in [6, 6.07) is 0. The van der Waals surface area contributed by atoms with Gasteiger partial charge in [-0.05, 0) is 41.9 Å². The summed E-state index contributed by atoms with van der Waals surface area (Å²) in [6.07, 6.45) is 6.68. The highest BCUT2D eigenvalue weighted by Gasteiger charge is 2.76. The van der Waals surface area contributed by atoms with Crippen LogP contribution in [-0.4, -0.2) is 11.2 Å². The first-order valence-electron chi connectivity index (χ1n) is 5.78. The number of rotatable bonds is 0. The standard InChI is InChI=1S/C12H20O/c1-11(2)7-9(13)10-8-5-3-4-6-12(8,10)11/h8-10,13H,3-7H2,1-2H3. The second-order valence-electron chi connectivity index (χ2n) is 6.07. The SMILES string of the molecule is CC1(C)CC(O)C2C3CCCCC321. The number of hydrogen-bond donors (Lipinski definition) is 1. The van der Waals surface area contributed by atoms with E-state index in [1.165, 1.54) is 25.7 Å². The molecular formula is C12H20O. The molecular weight excluding hydrogens is 160 g/mol. The van der Waals surface area contributed by atoms with Crippen molar-refractivity contribution in [3.8, 4) is 0 Å². The van der Waals surface area contributed by atoms with Gasteiger partial charge in [0.2, 0.25) is 0 Å². The van der Waals surface area contributed by atoms with Crippen molar-refractivity contribution in [2.45, 2.75) is 52.1 Å². The van der Waals surface area contributed by atoms with Crippen molar-refractivity contribution in [3.63, 3.8) is 0 Å². The molecule has 4 atom stereocenters. The van der Waals surface area contributed by atoms with Crippen LogP contribution in [0.4, 0.5) is 0 Å². The zero-order valence-electron chi connectivity index (χ0n) is 8.71. The minimum Gasteiger partial charge on any atom is -0.393 e. The van der Waals surface area contributed by atoms with Crippen molar-refractivity contribution in [2.75, 3.05) is 0 Å². The lowest BCUT2D eigenvalue weighted by Gasteiger charge is -2.35. The zero-order valence-corrected chi connectivity index (χ0v) is 8.71. The molecule has 0 aromatic rings. The Balaban J connectivity index is 1.98. The maximum absolute atomic E-state index is 10.0. The molecule has 3 rings (SSSR count). The van der Waals surface area contributed by atoms with Crippen LogP contribution in [0.15, 0.2) is 0 Å². The predicted molar refractivity (Wildman–Crippen MR) is 52.3 cm³/mol. The second kappa shape index (κ2) is 2.13. The monoisotopic (exact) mass is 180 g/mol. The fourth-order valence-electron chi connectivity index (χ4n) is 4.86. The summed E-state index contributed by atoms with van der Waals surface area (Å²) < 4.78 is 0. The van der Waals surface area contributed by atoms with Crippen molar-refractivity contribution in [2.24, 2.45) is 22.7 Å². The van der Waals surface area contributed by atoms with Crippen LogP contribution in [0.2, 0.25) is 0 Å². The Bertz CT molecular complexity index is 246. The Morgan fingerprint density at radius 1 is 1.23 bits per heavy atom. The maximum Gasteiger partial charge on any atom is 0.0582 e. The van der Waals surface area contributed by atoms with E-state index in [9.17, 15) is 5.11 Å². The Hall–Kier alpha value is -0.0400. The molecule has 0 amide bonds. The smallest absolute Gasteiger partial charge is 0.0582 e. The molecule has 13 heavy (non-hydrogen) atoms. The third-order valence-electron chi connectivity index (χ3n) is 5.33. The molecule has 0 aliphatic heterocycles. The lowest BCUT2D eigenvalue weighted by molar-refractivity contribution is 0.0971. The van der Waals surface area contributed by atoms with Gasteiger partial charge in [-0.15, -0.1) is 0 Å². The molecule has 0 radical (unpaired) electrons. The van der Waals surface area contributed by atoms with Gasteiger partial charge in [0.25, 0.3) is 0 Å². The quantitative estimate of drug-likeness (QED) is 0.607. The summed E-state index contributed by atoms with van der Waals surface area (Å²) in [5, 5.41) is 10.0. The molecule has 0 heterocycles. The highest BCUT2D eigenvalue weighted by molar-refractivity contribution is 5.24. The molecule has 3 aliphatic carbocycles. The highest BCUT2D eigenvalue weighted by Crippen LogP contribution is 2.80. The highest BCUT2D eigenvalue weighted by atomic mass is 16.3. The summed E-state index contributed by atoms with van der Waals surface area (Å²) in [4.78, 5) is 0. The summed E-state index contributed by atoms with van der Waals surface area (Å²) in [5.74, 6) is 1.57. The number of hydrogen-bond acceptors (Lipinski definition) is 1. The van der Waals surface area contributed by atoms with Gasteiger partial charge in [0, 0.05) is 0 Å². The Labute approximate surface area is 80.5 Å².